The van der Waals surface area contributed by atoms with Gasteiger partial charge in [-0.05, 0) is 18.2 Å². The van der Waals surface area contributed by atoms with Gasteiger partial charge < -0.3 is 19.5 Å². The zero-order valence-electron chi connectivity index (χ0n) is 13.0. The minimum absolute atomic E-state index is 0.0210. The van der Waals surface area contributed by atoms with Crippen LogP contribution in [0.1, 0.15) is 22.1 Å². The molecule has 2 heterocycles. The Kier molecular flexibility index (Phi) is 4.15. The summed E-state index contributed by atoms with van der Waals surface area (Å²) in [6.07, 6.45) is 1.90. The van der Waals surface area contributed by atoms with E-state index in [1.54, 1.807) is 7.11 Å². The topological polar surface area (TPSA) is 46.5 Å². The van der Waals surface area contributed by atoms with E-state index < -0.39 is 0 Å². The van der Waals surface area contributed by atoms with Gasteiger partial charge in [-0.25, -0.2) is 0 Å². The second kappa shape index (κ2) is 6.23. The largest absolute Gasteiger partial charge is 0.496 e. The van der Waals surface area contributed by atoms with Crippen LogP contribution < -0.4 is 10.1 Å². The van der Waals surface area contributed by atoms with E-state index in [1.165, 1.54) is 0 Å². The molecule has 0 saturated carbocycles. The van der Waals surface area contributed by atoms with Crippen LogP contribution in [0.25, 0.3) is 0 Å². The summed E-state index contributed by atoms with van der Waals surface area (Å²) in [6.45, 7) is 2.23. The summed E-state index contributed by atoms with van der Waals surface area (Å²) in [6, 6.07) is 11.6. The number of carbonyl (C=O) groups excluding carboxylic acids is 1. The van der Waals surface area contributed by atoms with Crippen molar-refractivity contribution in [1.29, 1.82) is 0 Å². The molecule has 1 amide bonds. The van der Waals surface area contributed by atoms with Gasteiger partial charge in [0, 0.05) is 38.4 Å². The molecule has 1 aliphatic rings. The molecule has 22 heavy (non-hydrogen) atoms. The zero-order chi connectivity index (χ0) is 15.5. The molecule has 5 nitrogen and oxygen atoms in total. The Hall–Kier alpha value is -2.27. The first-order valence-electron chi connectivity index (χ1n) is 7.48. The highest BCUT2D eigenvalue weighted by Gasteiger charge is 2.31. The fourth-order valence-electron chi connectivity index (χ4n) is 3.00. The van der Waals surface area contributed by atoms with Crippen LogP contribution in [-0.2, 0) is 7.05 Å². The maximum atomic E-state index is 12.9. The van der Waals surface area contributed by atoms with E-state index >= 15 is 0 Å². The van der Waals surface area contributed by atoms with Gasteiger partial charge >= 0.3 is 0 Å². The number of aryl methyl sites for hydroxylation is 1. The van der Waals surface area contributed by atoms with Crippen LogP contribution in [0.4, 0.5) is 0 Å². The average molecular weight is 299 g/mol. The maximum absolute atomic E-state index is 12.9. The van der Waals surface area contributed by atoms with Crippen LogP contribution in [0.5, 0.6) is 5.75 Å². The lowest BCUT2D eigenvalue weighted by molar-refractivity contribution is 0.0622. The molecule has 1 atom stereocenters. The summed E-state index contributed by atoms with van der Waals surface area (Å²) in [5, 5.41) is 3.37. The molecule has 1 aliphatic heterocycles. The number of nitrogens with zero attached hydrogens (tertiary/aromatic N) is 2. The van der Waals surface area contributed by atoms with Crippen molar-refractivity contribution >= 4 is 5.91 Å². The first kappa shape index (κ1) is 14.7. The number of ether oxygens (including phenoxy) is 1. The van der Waals surface area contributed by atoms with Crippen molar-refractivity contribution in [2.24, 2.45) is 7.05 Å². The smallest absolute Gasteiger partial charge is 0.271 e. The lowest BCUT2D eigenvalue weighted by Crippen LogP contribution is -2.49. The molecule has 1 saturated heterocycles. The number of rotatable bonds is 3. The van der Waals surface area contributed by atoms with Gasteiger partial charge in [0.05, 0.1) is 13.2 Å². The SMILES string of the molecule is COc1ccccc1[C@H]1CNCCN1C(=O)c1cccn1C. The normalized spacial score (nSPS) is 18.3. The predicted molar refractivity (Wildman–Crippen MR) is 85.1 cm³/mol. The van der Waals surface area contributed by atoms with Crippen molar-refractivity contribution in [3.05, 3.63) is 53.9 Å². The maximum Gasteiger partial charge on any atom is 0.271 e. The van der Waals surface area contributed by atoms with Crippen molar-refractivity contribution in [3.63, 3.8) is 0 Å². The molecule has 3 rings (SSSR count). The monoisotopic (exact) mass is 299 g/mol. The molecule has 1 fully saturated rings. The molecular formula is C17H21N3O2. The van der Waals surface area contributed by atoms with Gasteiger partial charge in [0.15, 0.2) is 0 Å². The highest BCUT2D eigenvalue weighted by molar-refractivity contribution is 5.93. The summed E-state index contributed by atoms with van der Waals surface area (Å²) in [5.74, 6) is 0.880. The van der Waals surface area contributed by atoms with Crippen LogP contribution in [0.15, 0.2) is 42.6 Å². The van der Waals surface area contributed by atoms with Crippen molar-refractivity contribution < 1.29 is 9.53 Å². The number of amides is 1. The number of aromatic nitrogens is 1. The van der Waals surface area contributed by atoms with Crippen LogP contribution in [0.2, 0.25) is 0 Å². The van der Waals surface area contributed by atoms with Gasteiger partial charge in [0.2, 0.25) is 0 Å². The number of carbonyl (C=O) groups is 1. The van der Waals surface area contributed by atoms with E-state index in [4.69, 9.17) is 4.74 Å². The second-order valence-corrected chi connectivity index (χ2v) is 5.46. The Labute approximate surface area is 130 Å². The fraction of sp³-hybridized carbons (Fsp3) is 0.353. The fourth-order valence-corrected chi connectivity index (χ4v) is 3.00. The molecule has 0 radical (unpaired) electrons. The van der Waals surface area contributed by atoms with Crippen molar-refractivity contribution in [3.8, 4) is 5.75 Å². The average Bonchev–Trinajstić information content (AvgIpc) is 3.00. The van der Waals surface area contributed by atoms with Crippen LogP contribution in [0, 0.1) is 0 Å². The third kappa shape index (κ3) is 2.60. The Morgan fingerprint density at radius 2 is 2.09 bits per heavy atom. The van der Waals surface area contributed by atoms with E-state index in [0.717, 1.165) is 24.4 Å². The zero-order valence-corrected chi connectivity index (χ0v) is 13.0. The van der Waals surface area contributed by atoms with Gasteiger partial charge in [0.25, 0.3) is 5.91 Å². The molecular weight excluding hydrogens is 278 g/mol. The molecule has 1 aromatic carbocycles. The molecule has 0 bridgehead atoms. The Morgan fingerprint density at radius 3 is 2.82 bits per heavy atom. The molecule has 1 N–H and O–H groups in total. The molecule has 0 unspecified atom stereocenters. The van der Waals surface area contributed by atoms with Crippen LogP contribution >= 0.6 is 0 Å². The van der Waals surface area contributed by atoms with Crippen LogP contribution in [0.3, 0.4) is 0 Å². The molecule has 0 aliphatic carbocycles. The van der Waals surface area contributed by atoms with Crippen molar-refractivity contribution in [2.45, 2.75) is 6.04 Å². The quantitative estimate of drug-likeness (QED) is 0.940. The van der Waals surface area contributed by atoms with E-state index in [-0.39, 0.29) is 11.9 Å². The van der Waals surface area contributed by atoms with Crippen molar-refractivity contribution in [1.82, 2.24) is 14.8 Å². The molecule has 1 aromatic heterocycles. The number of methoxy groups -OCH3 is 1. The molecule has 116 valence electrons. The minimum Gasteiger partial charge on any atom is -0.496 e. The number of nitrogens with one attached hydrogen (secondary N) is 1. The Morgan fingerprint density at radius 1 is 1.27 bits per heavy atom. The van der Waals surface area contributed by atoms with Gasteiger partial charge in [-0.3, -0.25) is 4.79 Å². The van der Waals surface area contributed by atoms with Gasteiger partial charge in [-0.2, -0.15) is 0 Å². The Balaban J connectivity index is 1.95. The summed E-state index contributed by atoms with van der Waals surface area (Å²) >= 11 is 0. The van der Waals surface area contributed by atoms with Crippen LogP contribution in [-0.4, -0.2) is 42.1 Å². The van der Waals surface area contributed by atoms with Gasteiger partial charge in [0.1, 0.15) is 11.4 Å². The highest BCUT2D eigenvalue weighted by atomic mass is 16.5. The first-order valence-corrected chi connectivity index (χ1v) is 7.48. The number of hydrogen-bond acceptors (Lipinski definition) is 3. The molecule has 5 heteroatoms. The predicted octanol–water partition coefficient (Wildman–Crippen LogP) is 1.82. The standard InChI is InChI=1S/C17H21N3O2/c1-19-10-5-7-14(19)17(21)20-11-9-18-12-15(20)13-6-3-4-8-16(13)22-2/h3-8,10,15,18H,9,11-12H2,1-2H3/t15-/m1/s1. The van der Waals surface area contributed by atoms with E-state index in [9.17, 15) is 4.79 Å². The third-order valence-corrected chi connectivity index (χ3v) is 4.17. The summed E-state index contributed by atoms with van der Waals surface area (Å²) in [5.41, 5.74) is 1.75. The van der Waals surface area contributed by atoms with E-state index in [0.29, 0.717) is 12.2 Å². The van der Waals surface area contributed by atoms with E-state index in [2.05, 4.69) is 5.32 Å². The summed E-state index contributed by atoms with van der Waals surface area (Å²) in [4.78, 5) is 14.8. The van der Waals surface area contributed by atoms with Gasteiger partial charge in [-0.1, -0.05) is 18.2 Å². The number of hydrogen-bond donors (Lipinski definition) is 1. The summed E-state index contributed by atoms with van der Waals surface area (Å²) < 4.78 is 7.33. The highest BCUT2D eigenvalue weighted by Crippen LogP contribution is 2.31. The lowest BCUT2D eigenvalue weighted by atomic mass is 10.0. The lowest BCUT2D eigenvalue weighted by Gasteiger charge is -2.37. The third-order valence-electron chi connectivity index (χ3n) is 4.17. The van der Waals surface area contributed by atoms with E-state index in [1.807, 2.05) is 59.1 Å². The Bertz CT molecular complexity index is 665. The number of benzene rings is 1. The molecule has 0 spiro atoms. The van der Waals surface area contributed by atoms with Gasteiger partial charge in [-0.15, -0.1) is 0 Å². The molecule has 2 aromatic rings. The van der Waals surface area contributed by atoms with Crippen molar-refractivity contribution in [2.75, 3.05) is 26.7 Å². The second-order valence-electron chi connectivity index (χ2n) is 5.46. The summed E-state index contributed by atoms with van der Waals surface area (Å²) in [7, 11) is 3.56. The first-order chi connectivity index (χ1) is 10.7. The minimum atomic E-state index is -0.0210. The number of piperazine rings is 1. The number of para-hydroxylation sites is 1.